The molecule has 0 radical (unpaired) electrons. The van der Waals surface area contributed by atoms with Crippen LogP contribution in [0.2, 0.25) is 0 Å². The summed E-state index contributed by atoms with van der Waals surface area (Å²) < 4.78 is 34.2. The zero-order valence-corrected chi connectivity index (χ0v) is 20.7. The van der Waals surface area contributed by atoms with E-state index < -0.39 is 33.8 Å². The molecular weight excluding hydrogens is 456 g/mol. The van der Waals surface area contributed by atoms with E-state index in [0.29, 0.717) is 29.7 Å². The predicted molar refractivity (Wildman–Crippen MR) is 126 cm³/mol. The molecule has 2 aromatic rings. The third-order valence-corrected chi connectivity index (χ3v) is 8.76. The van der Waals surface area contributed by atoms with Crippen LogP contribution in [0.1, 0.15) is 48.4 Å². The molecule has 1 aliphatic carbocycles. The number of imide groups is 1. The molecule has 4 rings (SSSR count). The number of carbonyl (C=O) groups excluding carboxylic acids is 3. The molecule has 1 unspecified atom stereocenters. The van der Waals surface area contributed by atoms with Gasteiger partial charge in [0.25, 0.3) is 5.91 Å². The largest absolute Gasteiger partial charge is 0.427 e. The highest BCUT2D eigenvalue weighted by Crippen LogP contribution is 2.40. The highest BCUT2D eigenvalue weighted by atomic mass is 32.2. The number of rotatable bonds is 6. The molecule has 2 fully saturated rings. The fourth-order valence-electron chi connectivity index (χ4n) is 4.54. The summed E-state index contributed by atoms with van der Waals surface area (Å²) >= 11 is 0. The zero-order chi connectivity index (χ0) is 24.9. The molecule has 2 amide bonds. The minimum absolute atomic E-state index is 0.219. The van der Waals surface area contributed by atoms with Gasteiger partial charge in [-0.25, -0.2) is 13.3 Å². The molecule has 1 saturated carbocycles. The number of sulfonamides is 1. The number of hydrogen-bond acceptors (Lipinski definition) is 6. The summed E-state index contributed by atoms with van der Waals surface area (Å²) in [6.07, 6.45) is 1.08. The molecular formula is C25H28N2O6S. The van der Waals surface area contributed by atoms with Gasteiger partial charge in [0, 0.05) is 13.0 Å². The highest BCUT2D eigenvalue weighted by molar-refractivity contribution is 7.89. The van der Waals surface area contributed by atoms with Gasteiger partial charge in [-0.1, -0.05) is 6.07 Å². The third kappa shape index (κ3) is 4.14. The van der Waals surface area contributed by atoms with Gasteiger partial charge in [-0.2, -0.15) is 4.31 Å². The standard InChI is InChI=1S/C25H28N2O6S/c1-14-12-15(2)17(4)24(16(14)3)34(31,32)27(20-6-7-20)22-13-23(29)26(25(22)30)19-8-10-21(11-9-19)33-18(5)28/h8-12,20,22H,6-7,13H2,1-5H3. The van der Waals surface area contributed by atoms with E-state index in [1.807, 2.05) is 19.9 Å². The van der Waals surface area contributed by atoms with Crippen molar-refractivity contribution >= 4 is 33.5 Å². The van der Waals surface area contributed by atoms with Gasteiger partial charge in [-0.3, -0.25) is 14.4 Å². The van der Waals surface area contributed by atoms with E-state index in [4.69, 9.17) is 4.74 Å². The Labute approximate surface area is 199 Å². The summed E-state index contributed by atoms with van der Waals surface area (Å²) in [5, 5.41) is 0. The molecule has 8 nitrogen and oxygen atoms in total. The van der Waals surface area contributed by atoms with E-state index in [1.54, 1.807) is 13.8 Å². The number of benzene rings is 2. The van der Waals surface area contributed by atoms with Crippen LogP contribution in [0.4, 0.5) is 5.69 Å². The minimum Gasteiger partial charge on any atom is -0.427 e. The molecule has 34 heavy (non-hydrogen) atoms. The number of ether oxygens (including phenoxy) is 1. The van der Waals surface area contributed by atoms with Gasteiger partial charge >= 0.3 is 5.97 Å². The highest BCUT2D eigenvalue weighted by Gasteiger charge is 2.52. The molecule has 2 aliphatic rings. The van der Waals surface area contributed by atoms with Gasteiger partial charge in [-0.05, 0) is 87.1 Å². The van der Waals surface area contributed by atoms with Crippen molar-refractivity contribution in [1.29, 1.82) is 0 Å². The SMILES string of the molecule is CC(=O)Oc1ccc(N2C(=O)CC(N(C3CC3)S(=O)(=O)c3c(C)c(C)cc(C)c3C)C2=O)cc1. The smallest absolute Gasteiger partial charge is 0.308 e. The van der Waals surface area contributed by atoms with Crippen LogP contribution in [-0.2, 0) is 24.4 Å². The quantitative estimate of drug-likeness (QED) is 0.354. The van der Waals surface area contributed by atoms with Crippen LogP contribution in [-0.4, -0.2) is 42.6 Å². The molecule has 180 valence electrons. The molecule has 1 saturated heterocycles. The normalized spacial score (nSPS) is 18.6. The fourth-order valence-corrected chi connectivity index (χ4v) is 6.95. The van der Waals surface area contributed by atoms with Crippen LogP contribution < -0.4 is 9.64 Å². The average Bonchev–Trinajstić information content (AvgIpc) is 3.52. The van der Waals surface area contributed by atoms with E-state index in [0.717, 1.165) is 16.0 Å². The first kappa shape index (κ1) is 24.1. The molecule has 0 N–H and O–H groups in total. The predicted octanol–water partition coefficient (Wildman–Crippen LogP) is 3.33. The molecule has 0 aromatic heterocycles. The second-order valence-electron chi connectivity index (χ2n) is 9.03. The summed E-state index contributed by atoms with van der Waals surface area (Å²) in [6.45, 7) is 8.57. The maximum Gasteiger partial charge on any atom is 0.308 e. The van der Waals surface area contributed by atoms with Crippen LogP contribution in [0.5, 0.6) is 5.75 Å². The van der Waals surface area contributed by atoms with E-state index in [9.17, 15) is 22.8 Å². The van der Waals surface area contributed by atoms with Gasteiger partial charge in [0.1, 0.15) is 11.8 Å². The Morgan fingerprint density at radius 1 is 1.00 bits per heavy atom. The first-order chi connectivity index (χ1) is 15.9. The van der Waals surface area contributed by atoms with Gasteiger partial charge in [-0.15, -0.1) is 0 Å². The first-order valence-corrected chi connectivity index (χ1v) is 12.6. The number of carbonyl (C=O) groups is 3. The number of amides is 2. The van der Waals surface area contributed by atoms with E-state index in [1.165, 1.54) is 35.5 Å². The molecule has 9 heteroatoms. The topological polar surface area (TPSA) is 101 Å². The lowest BCUT2D eigenvalue weighted by Gasteiger charge is -2.29. The average molecular weight is 485 g/mol. The number of esters is 1. The Kier molecular flexibility index (Phi) is 6.12. The van der Waals surface area contributed by atoms with E-state index in [2.05, 4.69) is 0 Å². The van der Waals surface area contributed by atoms with Gasteiger partial charge < -0.3 is 4.74 Å². The van der Waals surface area contributed by atoms with Crippen molar-refractivity contribution in [2.24, 2.45) is 0 Å². The maximum atomic E-state index is 14.0. The number of hydrogen-bond donors (Lipinski definition) is 0. The van der Waals surface area contributed by atoms with E-state index >= 15 is 0 Å². The van der Waals surface area contributed by atoms with Gasteiger partial charge in [0.15, 0.2) is 0 Å². The van der Waals surface area contributed by atoms with Crippen LogP contribution in [0, 0.1) is 27.7 Å². The monoisotopic (exact) mass is 484 g/mol. The summed E-state index contributed by atoms with van der Waals surface area (Å²) in [4.78, 5) is 38.7. The lowest BCUT2D eigenvalue weighted by atomic mass is 10.0. The third-order valence-electron chi connectivity index (χ3n) is 6.53. The number of anilines is 1. The van der Waals surface area contributed by atoms with Crippen LogP contribution in [0.3, 0.4) is 0 Å². The summed E-state index contributed by atoms with van der Waals surface area (Å²) in [5.41, 5.74) is 3.34. The lowest BCUT2D eigenvalue weighted by Crippen LogP contribution is -2.47. The van der Waals surface area contributed by atoms with Crippen molar-refractivity contribution in [3.63, 3.8) is 0 Å². The van der Waals surface area contributed by atoms with Crippen molar-refractivity contribution in [2.45, 2.75) is 70.9 Å². The molecule has 1 aliphatic heterocycles. The number of nitrogens with zero attached hydrogens (tertiary/aromatic N) is 2. The Hall–Kier alpha value is -3.04. The fraction of sp³-hybridized carbons (Fsp3) is 0.400. The van der Waals surface area contributed by atoms with E-state index in [-0.39, 0.29) is 23.1 Å². The maximum absolute atomic E-state index is 14.0. The van der Waals surface area contributed by atoms with Crippen molar-refractivity contribution in [2.75, 3.05) is 4.90 Å². The number of aryl methyl sites for hydroxylation is 2. The molecule has 0 spiro atoms. The van der Waals surface area contributed by atoms with Crippen molar-refractivity contribution in [3.8, 4) is 5.75 Å². The Morgan fingerprint density at radius 2 is 1.56 bits per heavy atom. The summed E-state index contributed by atoms with van der Waals surface area (Å²) in [6, 6.07) is 6.53. The summed E-state index contributed by atoms with van der Waals surface area (Å²) in [5.74, 6) is -1.23. The van der Waals surface area contributed by atoms with Crippen LogP contribution in [0.25, 0.3) is 0 Å². The van der Waals surface area contributed by atoms with Crippen LogP contribution in [0.15, 0.2) is 35.2 Å². The Bertz CT molecular complexity index is 1270. The van der Waals surface area contributed by atoms with Crippen molar-refractivity contribution in [1.82, 2.24) is 4.31 Å². The molecule has 2 aromatic carbocycles. The lowest BCUT2D eigenvalue weighted by molar-refractivity contribution is -0.132. The Balaban J connectivity index is 1.71. The summed E-state index contributed by atoms with van der Waals surface area (Å²) in [7, 11) is -4.03. The zero-order valence-electron chi connectivity index (χ0n) is 19.9. The van der Waals surface area contributed by atoms with Crippen LogP contribution >= 0.6 is 0 Å². The van der Waals surface area contributed by atoms with Gasteiger partial charge in [0.05, 0.1) is 17.0 Å². The second kappa shape index (κ2) is 8.63. The second-order valence-corrected chi connectivity index (χ2v) is 10.8. The first-order valence-electron chi connectivity index (χ1n) is 11.2. The Morgan fingerprint density at radius 3 is 2.06 bits per heavy atom. The van der Waals surface area contributed by atoms with Crippen molar-refractivity contribution in [3.05, 3.63) is 52.6 Å². The molecule has 1 heterocycles. The molecule has 0 bridgehead atoms. The minimum atomic E-state index is -4.03. The van der Waals surface area contributed by atoms with Crippen molar-refractivity contribution < 1.29 is 27.5 Å². The molecule has 1 atom stereocenters. The van der Waals surface area contributed by atoms with Gasteiger partial charge in [0.2, 0.25) is 15.9 Å².